The van der Waals surface area contributed by atoms with E-state index in [1.165, 1.54) is 54.6 Å². The summed E-state index contributed by atoms with van der Waals surface area (Å²) in [5.41, 5.74) is 16.7. The van der Waals surface area contributed by atoms with Crippen LogP contribution in [-0.4, -0.2) is 0 Å². The van der Waals surface area contributed by atoms with E-state index in [9.17, 15) is 0 Å². The van der Waals surface area contributed by atoms with E-state index in [1.54, 1.807) is 0 Å². The van der Waals surface area contributed by atoms with E-state index in [1.807, 2.05) is 12.1 Å². The van der Waals surface area contributed by atoms with Crippen molar-refractivity contribution in [2.45, 2.75) is 0 Å². The Morgan fingerprint density at radius 3 is 1.59 bits per heavy atom. The zero-order valence-corrected chi connectivity index (χ0v) is 37.2. The van der Waals surface area contributed by atoms with Crippen molar-refractivity contribution in [3.05, 3.63) is 261 Å². The maximum absolute atomic E-state index is 6.32. The number of hydrogen-bond donors (Lipinski definition) is 0. The van der Waals surface area contributed by atoms with Gasteiger partial charge in [-0.3, -0.25) is 0 Å². The van der Waals surface area contributed by atoms with Gasteiger partial charge in [-0.25, -0.2) is 0 Å². The van der Waals surface area contributed by atoms with E-state index in [-0.39, 0.29) is 0 Å². The first-order valence-corrected chi connectivity index (χ1v) is 23.3. The minimum Gasteiger partial charge on any atom is -0.456 e. The lowest BCUT2D eigenvalue weighted by Gasteiger charge is -2.29. The van der Waals surface area contributed by atoms with Crippen molar-refractivity contribution in [3.63, 3.8) is 0 Å². The molecule has 0 bridgehead atoms. The normalized spacial score (nSPS) is 11.5. The van der Waals surface area contributed by atoms with Crippen LogP contribution in [0.1, 0.15) is 0 Å². The third kappa shape index (κ3) is 6.82. The molecule has 0 spiro atoms. The highest BCUT2D eigenvalue weighted by Gasteiger charge is 2.21. The van der Waals surface area contributed by atoms with Crippen molar-refractivity contribution in [1.82, 2.24) is 0 Å². The summed E-state index contributed by atoms with van der Waals surface area (Å²) in [5.74, 6) is 0. The lowest BCUT2D eigenvalue weighted by Crippen LogP contribution is -2.11. The first-order valence-electron chi connectivity index (χ1n) is 23.3. The molecule has 0 N–H and O–H groups in total. The molecule has 0 atom stereocenters. The molecular formula is C66H43NO. The zero-order chi connectivity index (χ0) is 45.0. The van der Waals surface area contributed by atoms with Crippen molar-refractivity contribution < 1.29 is 4.42 Å². The molecule has 318 valence electrons. The molecule has 0 fully saturated rings. The summed E-state index contributed by atoms with van der Waals surface area (Å²) in [6.07, 6.45) is 0. The Hall–Kier alpha value is -8.98. The minimum atomic E-state index is 0.891. The number of rotatable bonds is 8. The van der Waals surface area contributed by atoms with E-state index in [2.05, 4.69) is 254 Å². The fourth-order valence-electron chi connectivity index (χ4n) is 10.4. The quantitative estimate of drug-likeness (QED) is 0.142. The van der Waals surface area contributed by atoms with Crippen molar-refractivity contribution in [1.29, 1.82) is 0 Å². The van der Waals surface area contributed by atoms with Crippen molar-refractivity contribution in [3.8, 4) is 55.6 Å². The van der Waals surface area contributed by atoms with Gasteiger partial charge in [0.1, 0.15) is 11.2 Å². The first kappa shape index (κ1) is 39.4. The number of hydrogen-bond acceptors (Lipinski definition) is 2. The van der Waals surface area contributed by atoms with Gasteiger partial charge in [0.05, 0.1) is 5.69 Å². The first-order chi connectivity index (χ1) is 33.7. The molecule has 1 aromatic heterocycles. The molecule has 2 heteroatoms. The van der Waals surface area contributed by atoms with Crippen LogP contribution in [0.2, 0.25) is 0 Å². The number of para-hydroxylation sites is 1. The Bertz CT molecular complexity index is 4010. The monoisotopic (exact) mass is 865 g/mol. The number of fused-ring (bicyclic) bond motifs is 7. The van der Waals surface area contributed by atoms with Gasteiger partial charge in [-0.1, -0.05) is 206 Å². The maximum atomic E-state index is 6.32. The molecule has 0 saturated carbocycles. The van der Waals surface area contributed by atoms with Crippen LogP contribution < -0.4 is 4.90 Å². The molecule has 0 amide bonds. The Morgan fingerprint density at radius 2 is 0.779 bits per heavy atom. The molecule has 13 aromatic rings. The molecule has 2 nitrogen and oxygen atoms in total. The maximum Gasteiger partial charge on any atom is 0.136 e. The number of nitrogens with zero attached hydrogens (tertiary/aromatic N) is 1. The molecule has 13 rings (SSSR count). The Balaban J connectivity index is 0.988. The summed E-state index contributed by atoms with van der Waals surface area (Å²) in [7, 11) is 0. The highest BCUT2D eigenvalue weighted by Crippen LogP contribution is 2.46. The summed E-state index contributed by atoms with van der Waals surface area (Å²) in [4.78, 5) is 2.43. The van der Waals surface area contributed by atoms with Crippen molar-refractivity contribution >= 4 is 71.3 Å². The fraction of sp³-hybridized carbons (Fsp3) is 0. The summed E-state index contributed by atoms with van der Waals surface area (Å²) in [6, 6.07) is 94.6. The third-order valence-corrected chi connectivity index (χ3v) is 13.7. The summed E-state index contributed by atoms with van der Waals surface area (Å²) >= 11 is 0. The largest absolute Gasteiger partial charge is 0.456 e. The highest BCUT2D eigenvalue weighted by atomic mass is 16.3. The standard InChI is InChI=1S/C66H43NO/c1-2-15-46(16-3-1)57-40-35-51(62-42-50-18-5-7-23-56(50)59-24-8-9-25-60(59)62)43-63(57)67(53-38-33-47(34-39-53)58-28-14-30-65-66(58)61-26-10-11-29-64(61)68-65)52-36-31-44(32-37-52)48-20-12-21-49(41-48)55-27-13-19-45-17-4-6-22-54(45)55/h1-43H. The van der Waals surface area contributed by atoms with Crippen molar-refractivity contribution in [2.24, 2.45) is 0 Å². The van der Waals surface area contributed by atoms with Gasteiger partial charge in [-0.15, -0.1) is 0 Å². The molecule has 0 aliphatic heterocycles. The predicted molar refractivity (Wildman–Crippen MR) is 288 cm³/mol. The molecular weight excluding hydrogens is 823 g/mol. The molecule has 1 heterocycles. The van der Waals surface area contributed by atoms with Crippen LogP contribution in [0.15, 0.2) is 265 Å². The van der Waals surface area contributed by atoms with Gasteiger partial charge in [0, 0.05) is 27.7 Å². The minimum absolute atomic E-state index is 0.891. The summed E-state index contributed by atoms with van der Waals surface area (Å²) in [6.45, 7) is 0. The Kier molecular flexibility index (Phi) is 9.54. The smallest absolute Gasteiger partial charge is 0.136 e. The second-order valence-electron chi connectivity index (χ2n) is 17.6. The van der Waals surface area contributed by atoms with Crippen LogP contribution in [-0.2, 0) is 0 Å². The van der Waals surface area contributed by atoms with Crippen LogP contribution >= 0.6 is 0 Å². The number of furan rings is 1. The molecule has 12 aromatic carbocycles. The molecule has 0 radical (unpaired) electrons. The second kappa shape index (κ2) is 16.5. The summed E-state index contributed by atoms with van der Waals surface area (Å²) in [5, 5.41) is 9.73. The van der Waals surface area contributed by atoms with Crippen molar-refractivity contribution in [2.75, 3.05) is 4.90 Å². The van der Waals surface area contributed by atoms with Crippen LogP contribution in [0.3, 0.4) is 0 Å². The second-order valence-corrected chi connectivity index (χ2v) is 17.6. The van der Waals surface area contributed by atoms with E-state index < -0.39 is 0 Å². The van der Waals surface area contributed by atoms with Gasteiger partial charge < -0.3 is 9.32 Å². The predicted octanol–water partition coefficient (Wildman–Crippen LogP) is 18.9. The number of benzene rings is 12. The Morgan fingerprint density at radius 1 is 0.250 bits per heavy atom. The molecule has 0 saturated heterocycles. The van der Waals surface area contributed by atoms with Gasteiger partial charge in [0.15, 0.2) is 0 Å². The van der Waals surface area contributed by atoms with Crippen LogP contribution in [0.25, 0.3) is 110 Å². The van der Waals surface area contributed by atoms with Gasteiger partial charge >= 0.3 is 0 Å². The molecule has 68 heavy (non-hydrogen) atoms. The lowest BCUT2D eigenvalue weighted by atomic mass is 9.91. The SMILES string of the molecule is c1ccc(-c2ccc(-c3cc4ccccc4c4ccccc34)cc2N(c2ccc(-c3cccc(-c4cccc5ccccc45)c3)cc2)c2ccc(-c3cccc4oc5ccccc5c34)cc2)cc1. The zero-order valence-electron chi connectivity index (χ0n) is 37.2. The van der Waals surface area contributed by atoms with Crippen LogP contribution in [0.4, 0.5) is 17.1 Å². The van der Waals surface area contributed by atoms with Gasteiger partial charge in [-0.2, -0.15) is 0 Å². The molecule has 0 aliphatic rings. The van der Waals surface area contributed by atoms with Crippen LogP contribution in [0, 0.1) is 0 Å². The fourth-order valence-corrected chi connectivity index (χ4v) is 10.4. The average Bonchev–Trinajstić information content (AvgIpc) is 3.80. The van der Waals surface area contributed by atoms with E-state index >= 15 is 0 Å². The van der Waals surface area contributed by atoms with Gasteiger partial charge in [0.2, 0.25) is 0 Å². The Labute approximate surface area is 395 Å². The lowest BCUT2D eigenvalue weighted by molar-refractivity contribution is 0.669. The highest BCUT2D eigenvalue weighted by molar-refractivity contribution is 6.15. The topological polar surface area (TPSA) is 16.4 Å². The summed E-state index contributed by atoms with van der Waals surface area (Å²) < 4.78 is 6.32. The van der Waals surface area contributed by atoms with E-state index in [4.69, 9.17) is 4.42 Å². The van der Waals surface area contributed by atoms with Gasteiger partial charge in [0.25, 0.3) is 0 Å². The van der Waals surface area contributed by atoms with Gasteiger partial charge in [-0.05, 0) is 137 Å². The molecule has 0 unspecified atom stereocenters. The van der Waals surface area contributed by atoms with Crippen LogP contribution in [0.5, 0.6) is 0 Å². The van der Waals surface area contributed by atoms with E-state index in [0.29, 0.717) is 0 Å². The average molecular weight is 866 g/mol. The molecule has 0 aliphatic carbocycles. The third-order valence-electron chi connectivity index (χ3n) is 13.7. The number of anilines is 3. The van der Waals surface area contributed by atoms with E-state index in [0.717, 1.165) is 72.4 Å².